The molecule has 2 fully saturated rings. The number of nitrogens with zero attached hydrogens (tertiary/aromatic N) is 3. The van der Waals surface area contributed by atoms with Crippen molar-refractivity contribution in [2.45, 2.75) is 23.8 Å². The third-order valence-electron chi connectivity index (χ3n) is 6.68. The van der Waals surface area contributed by atoms with Gasteiger partial charge >= 0.3 is 0 Å². The molecule has 3 aliphatic heterocycles. The van der Waals surface area contributed by atoms with E-state index in [2.05, 4.69) is 4.90 Å². The zero-order valence-electron chi connectivity index (χ0n) is 18.9. The Morgan fingerprint density at radius 1 is 0.971 bits per heavy atom. The summed E-state index contributed by atoms with van der Waals surface area (Å²) in [6, 6.07) is 11.1. The van der Waals surface area contributed by atoms with E-state index in [1.807, 2.05) is 18.2 Å². The molecule has 1 atom stereocenters. The molecule has 0 N–H and O–H groups in total. The molecule has 1 unspecified atom stereocenters. The van der Waals surface area contributed by atoms with Gasteiger partial charge in [0.15, 0.2) is 11.5 Å². The second kappa shape index (κ2) is 9.52. The number of carbonyl (C=O) groups is 1. The highest BCUT2D eigenvalue weighted by atomic mass is 32.2. The van der Waals surface area contributed by atoms with Gasteiger partial charge < -0.3 is 14.4 Å². The molecule has 34 heavy (non-hydrogen) atoms. The number of sulfonamides is 1. The summed E-state index contributed by atoms with van der Waals surface area (Å²) in [5.41, 5.74) is 1.11. The SMILES string of the molecule is O=C(CN1CCCC1c1ccc2c(c1)OCCO2)N1CCN(S(=O)(=O)c2cccc(F)c2)CC1. The fourth-order valence-corrected chi connectivity index (χ4v) is 6.34. The average Bonchev–Trinajstić information content (AvgIpc) is 3.32. The van der Waals surface area contributed by atoms with Gasteiger partial charge in [0.05, 0.1) is 11.4 Å². The van der Waals surface area contributed by atoms with Crippen molar-refractivity contribution in [1.29, 1.82) is 0 Å². The standard InChI is InChI=1S/C24H28FN3O5S/c25-19-3-1-4-20(16-19)34(30,31)28-11-9-26(10-12-28)24(29)17-27-8-2-5-21(27)18-6-7-22-23(15-18)33-14-13-32-22/h1,3-4,6-7,15-16,21H,2,5,8-14,17H2. The van der Waals surface area contributed by atoms with Crippen molar-refractivity contribution < 1.29 is 27.1 Å². The van der Waals surface area contributed by atoms with Crippen LogP contribution in [0.25, 0.3) is 0 Å². The molecule has 8 nitrogen and oxygen atoms in total. The number of rotatable bonds is 5. The van der Waals surface area contributed by atoms with E-state index in [4.69, 9.17) is 9.47 Å². The van der Waals surface area contributed by atoms with E-state index in [1.54, 1.807) is 4.90 Å². The lowest BCUT2D eigenvalue weighted by Gasteiger charge is -2.35. The van der Waals surface area contributed by atoms with Crippen molar-refractivity contribution in [2.75, 3.05) is 52.5 Å². The second-order valence-electron chi connectivity index (χ2n) is 8.77. The maximum Gasteiger partial charge on any atom is 0.243 e. The zero-order valence-corrected chi connectivity index (χ0v) is 19.7. The van der Waals surface area contributed by atoms with Crippen LogP contribution in [-0.4, -0.2) is 80.9 Å². The molecular weight excluding hydrogens is 461 g/mol. The van der Waals surface area contributed by atoms with Crippen LogP contribution in [0.2, 0.25) is 0 Å². The Morgan fingerprint density at radius 3 is 2.50 bits per heavy atom. The van der Waals surface area contributed by atoms with Crippen molar-refractivity contribution in [3.05, 3.63) is 53.8 Å². The van der Waals surface area contributed by atoms with Crippen LogP contribution in [-0.2, 0) is 14.8 Å². The molecule has 0 bridgehead atoms. The molecule has 3 heterocycles. The Hall–Kier alpha value is -2.69. The zero-order chi connectivity index (χ0) is 23.7. The van der Waals surface area contributed by atoms with Crippen LogP contribution in [0.1, 0.15) is 24.4 Å². The van der Waals surface area contributed by atoms with Crippen molar-refractivity contribution in [3.63, 3.8) is 0 Å². The van der Waals surface area contributed by atoms with Crippen LogP contribution >= 0.6 is 0 Å². The lowest BCUT2D eigenvalue weighted by Crippen LogP contribution is -2.52. The number of hydrogen-bond acceptors (Lipinski definition) is 6. The van der Waals surface area contributed by atoms with E-state index in [0.717, 1.165) is 42.5 Å². The number of amides is 1. The van der Waals surface area contributed by atoms with Gasteiger partial charge in [-0.3, -0.25) is 9.69 Å². The van der Waals surface area contributed by atoms with E-state index in [1.165, 1.54) is 22.5 Å². The maximum atomic E-state index is 13.5. The molecule has 0 radical (unpaired) electrons. The molecule has 2 saturated heterocycles. The number of ether oxygens (including phenoxy) is 2. The minimum Gasteiger partial charge on any atom is -0.486 e. The minimum atomic E-state index is -3.79. The van der Waals surface area contributed by atoms with Gasteiger partial charge in [-0.2, -0.15) is 4.31 Å². The van der Waals surface area contributed by atoms with Crippen molar-refractivity contribution in [2.24, 2.45) is 0 Å². The number of likely N-dealkylation sites (tertiary alicyclic amines) is 1. The number of hydrogen-bond donors (Lipinski definition) is 0. The molecule has 0 aliphatic carbocycles. The van der Waals surface area contributed by atoms with E-state index in [-0.39, 0.29) is 36.5 Å². The first-order chi connectivity index (χ1) is 16.4. The number of carbonyl (C=O) groups excluding carboxylic acids is 1. The van der Waals surface area contributed by atoms with E-state index >= 15 is 0 Å². The fourth-order valence-electron chi connectivity index (χ4n) is 4.89. The summed E-state index contributed by atoms with van der Waals surface area (Å²) in [7, 11) is -3.79. The summed E-state index contributed by atoms with van der Waals surface area (Å²) in [5.74, 6) is 0.902. The fraction of sp³-hybridized carbons (Fsp3) is 0.458. The van der Waals surface area contributed by atoms with Gasteiger partial charge in [-0.15, -0.1) is 0 Å². The van der Waals surface area contributed by atoms with Gasteiger partial charge in [0, 0.05) is 32.2 Å². The number of fused-ring (bicyclic) bond motifs is 1. The monoisotopic (exact) mass is 489 g/mol. The van der Waals surface area contributed by atoms with Crippen LogP contribution in [0.3, 0.4) is 0 Å². The molecule has 0 saturated carbocycles. The first kappa shape index (κ1) is 23.1. The Bertz CT molecular complexity index is 1170. The molecule has 182 valence electrons. The molecule has 0 spiro atoms. The van der Waals surface area contributed by atoms with Crippen LogP contribution in [0.5, 0.6) is 11.5 Å². The molecule has 2 aromatic carbocycles. The van der Waals surface area contributed by atoms with Crippen LogP contribution in [0.15, 0.2) is 47.4 Å². The third-order valence-corrected chi connectivity index (χ3v) is 8.57. The van der Waals surface area contributed by atoms with E-state index in [9.17, 15) is 17.6 Å². The molecular formula is C24H28FN3O5S. The second-order valence-corrected chi connectivity index (χ2v) is 10.7. The quantitative estimate of drug-likeness (QED) is 0.641. The van der Waals surface area contributed by atoms with Crippen molar-refractivity contribution >= 4 is 15.9 Å². The van der Waals surface area contributed by atoms with Crippen LogP contribution < -0.4 is 9.47 Å². The predicted octanol–water partition coefficient (Wildman–Crippen LogP) is 2.27. The Morgan fingerprint density at radius 2 is 1.74 bits per heavy atom. The minimum absolute atomic E-state index is 0.00718. The van der Waals surface area contributed by atoms with Gasteiger partial charge in [-0.05, 0) is 55.3 Å². The molecule has 1 amide bonds. The third kappa shape index (κ3) is 4.62. The topological polar surface area (TPSA) is 79.4 Å². The van der Waals surface area contributed by atoms with Gasteiger partial charge in [0.1, 0.15) is 19.0 Å². The smallest absolute Gasteiger partial charge is 0.243 e. The average molecular weight is 490 g/mol. The van der Waals surface area contributed by atoms with Gasteiger partial charge in [0.2, 0.25) is 15.9 Å². The molecule has 0 aromatic heterocycles. The van der Waals surface area contributed by atoms with Crippen molar-refractivity contribution in [1.82, 2.24) is 14.1 Å². The highest BCUT2D eigenvalue weighted by Gasteiger charge is 2.33. The van der Waals surface area contributed by atoms with Gasteiger partial charge in [-0.25, -0.2) is 12.8 Å². The molecule has 3 aliphatic rings. The summed E-state index contributed by atoms with van der Waals surface area (Å²) >= 11 is 0. The van der Waals surface area contributed by atoms with Gasteiger partial charge in [0.25, 0.3) is 0 Å². The molecule has 2 aromatic rings. The summed E-state index contributed by atoms with van der Waals surface area (Å²) in [4.78, 5) is 16.9. The number of piperazine rings is 1. The first-order valence-electron chi connectivity index (χ1n) is 11.6. The number of benzene rings is 2. The van der Waals surface area contributed by atoms with Crippen LogP contribution in [0, 0.1) is 5.82 Å². The first-order valence-corrected chi connectivity index (χ1v) is 13.0. The van der Waals surface area contributed by atoms with E-state index < -0.39 is 15.8 Å². The summed E-state index contributed by atoms with van der Waals surface area (Å²) in [6.45, 7) is 3.21. The summed E-state index contributed by atoms with van der Waals surface area (Å²) in [5, 5.41) is 0. The molecule has 5 rings (SSSR count). The lowest BCUT2D eigenvalue weighted by molar-refractivity contribution is -0.133. The Kier molecular flexibility index (Phi) is 6.46. The summed E-state index contributed by atoms with van der Waals surface area (Å²) in [6.07, 6.45) is 1.97. The summed E-state index contributed by atoms with van der Waals surface area (Å²) < 4.78 is 51.8. The predicted molar refractivity (Wildman–Crippen MR) is 123 cm³/mol. The highest BCUT2D eigenvalue weighted by molar-refractivity contribution is 7.89. The number of halogens is 1. The maximum absolute atomic E-state index is 13.5. The Labute approximate surface area is 198 Å². The normalized spacial score (nSPS) is 21.6. The largest absolute Gasteiger partial charge is 0.486 e. The van der Waals surface area contributed by atoms with E-state index in [0.29, 0.717) is 26.3 Å². The van der Waals surface area contributed by atoms with Crippen LogP contribution in [0.4, 0.5) is 4.39 Å². The van der Waals surface area contributed by atoms with Crippen molar-refractivity contribution in [3.8, 4) is 11.5 Å². The molecule has 10 heteroatoms. The highest BCUT2D eigenvalue weighted by Crippen LogP contribution is 2.38. The lowest BCUT2D eigenvalue weighted by atomic mass is 10.0. The van der Waals surface area contributed by atoms with Gasteiger partial charge in [-0.1, -0.05) is 12.1 Å². The Balaban J connectivity index is 1.20.